The summed E-state index contributed by atoms with van der Waals surface area (Å²) < 4.78 is 31.4. The maximum Gasteiger partial charge on any atom is 0.247 e. The summed E-state index contributed by atoms with van der Waals surface area (Å²) in [7, 11) is 1.59. The maximum atomic E-state index is 15.3. The minimum Gasteiger partial charge on any atom is -0.371 e. The number of pyridine rings is 1. The molecule has 2 aliphatic heterocycles. The van der Waals surface area contributed by atoms with Crippen molar-refractivity contribution in [3.05, 3.63) is 71.0 Å². The van der Waals surface area contributed by atoms with Crippen LogP contribution in [-0.4, -0.2) is 59.1 Å². The molecule has 5 heterocycles. The van der Waals surface area contributed by atoms with Crippen LogP contribution >= 0.6 is 11.6 Å². The van der Waals surface area contributed by atoms with Crippen molar-refractivity contribution in [2.45, 2.75) is 31.3 Å². The number of nitrogens with zero attached hydrogens (tertiary/aromatic N) is 7. The Kier molecular flexibility index (Phi) is 5.67. The van der Waals surface area contributed by atoms with Gasteiger partial charge in [0.2, 0.25) is 5.91 Å². The molecule has 1 amide bonds. The number of carbonyl (C=O) groups is 1. The van der Waals surface area contributed by atoms with Gasteiger partial charge in [0, 0.05) is 36.5 Å². The van der Waals surface area contributed by atoms with Crippen molar-refractivity contribution in [3.8, 4) is 16.9 Å². The lowest BCUT2D eigenvalue weighted by Crippen LogP contribution is -2.39. The van der Waals surface area contributed by atoms with Crippen LogP contribution in [0.25, 0.3) is 22.5 Å². The predicted octanol–water partition coefficient (Wildman–Crippen LogP) is 3.94. The third-order valence-corrected chi connectivity index (χ3v) is 7.12. The van der Waals surface area contributed by atoms with Crippen LogP contribution in [0.5, 0.6) is 0 Å². The number of hydrogen-bond acceptors (Lipinski definition) is 7. The molecule has 1 aromatic carbocycles. The number of anilines is 1. The highest BCUT2D eigenvalue weighted by Gasteiger charge is 2.42. The van der Waals surface area contributed by atoms with Crippen molar-refractivity contribution < 1.29 is 13.6 Å². The SMILES string of the molecule is CNc1nccc(-c2cnc([C@@H]3CC[C@@H]4CC(c5c(-n6cnnn6)ccc(Cl)c5F)=CC(=O)N43)[nH]2)c1F. The van der Waals surface area contributed by atoms with Gasteiger partial charge in [-0.3, -0.25) is 4.79 Å². The largest absolute Gasteiger partial charge is 0.371 e. The fourth-order valence-corrected chi connectivity index (χ4v) is 5.33. The molecule has 0 spiro atoms. The zero-order chi connectivity index (χ0) is 25.7. The van der Waals surface area contributed by atoms with E-state index in [0.29, 0.717) is 47.6 Å². The summed E-state index contributed by atoms with van der Waals surface area (Å²) in [5.74, 6) is -0.692. The van der Waals surface area contributed by atoms with E-state index in [1.54, 1.807) is 30.3 Å². The number of fused-ring (bicyclic) bond motifs is 1. The van der Waals surface area contributed by atoms with Crippen LogP contribution in [0.1, 0.15) is 36.7 Å². The van der Waals surface area contributed by atoms with Crippen LogP contribution in [0.4, 0.5) is 14.6 Å². The molecule has 0 bridgehead atoms. The Morgan fingerprint density at radius 3 is 2.81 bits per heavy atom. The minimum atomic E-state index is -0.632. The van der Waals surface area contributed by atoms with E-state index in [1.807, 2.05) is 0 Å². The average molecular weight is 524 g/mol. The lowest BCUT2D eigenvalue weighted by molar-refractivity contribution is -0.129. The van der Waals surface area contributed by atoms with Gasteiger partial charge in [-0.25, -0.2) is 18.7 Å². The van der Waals surface area contributed by atoms with Crippen LogP contribution in [0.15, 0.2) is 43.0 Å². The molecule has 37 heavy (non-hydrogen) atoms. The maximum absolute atomic E-state index is 15.3. The molecule has 0 unspecified atom stereocenters. The van der Waals surface area contributed by atoms with Crippen LogP contribution < -0.4 is 5.32 Å². The summed E-state index contributed by atoms with van der Waals surface area (Å²) in [5.41, 5.74) is 1.93. The van der Waals surface area contributed by atoms with Gasteiger partial charge in [-0.15, -0.1) is 5.10 Å². The van der Waals surface area contributed by atoms with Gasteiger partial charge in [0.1, 0.15) is 12.2 Å². The smallest absolute Gasteiger partial charge is 0.247 e. The van der Waals surface area contributed by atoms with Gasteiger partial charge in [0.25, 0.3) is 0 Å². The van der Waals surface area contributed by atoms with E-state index in [-0.39, 0.29) is 34.4 Å². The number of amides is 1. The van der Waals surface area contributed by atoms with Gasteiger partial charge >= 0.3 is 0 Å². The second kappa shape index (κ2) is 9.04. The number of halogens is 3. The number of nitrogens with one attached hydrogen (secondary N) is 2. The number of imidazole rings is 1. The Bertz CT molecular complexity index is 1540. The van der Waals surface area contributed by atoms with Gasteiger partial charge in [-0.05, 0) is 53.5 Å². The highest BCUT2D eigenvalue weighted by atomic mass is 35.5. The third-order valence-electron chi connectivity index (χ3n) is 6.83. The lowest BCUT2D eigenvalue weighted by Gasteiger charge is -2.33. The van der Waals surface area contributed by atoms with Crippen LogP contribution in [0, 0.1) is 11.6 Å². The fraction of sp³-hybridized carbons (Fsp3) is 0.250. The molecule has 0 radical (unpaired) electrons. The normalized spacial score (nSPS) is 19.2. The third kappa shape index (κ3) is 3.84. The molecule has 2 N–H and O–H groups in total. The second-order valence-electron chi connectivity index (χ2n) is 8.83. The minimum absolute atomic E-state index is 0.0557. The van der Waals surface area contributed by atoms with E-state index < -0.39 is 11.6 Å². The van der Waals surface area contributed by atoms with Crippen molar-refractivity contribution >= 4 is 28.9 Å². The molecule has 13 heteroatoms. The van der Waals surface area contributed by atoms with Crippen molar-refractivity contribution in [2.75, 3.05) is 12.4 Å². The van der Waals surface area contributed by atoms with Gasteiger partial charge in [-0.2, -0.15) is 4.68 Å². The summed E-state index contributed by atoms with van der Waals surface area (Å²) >= 11 is 6.09. The van der Waals surface area contributed by atoms with E-state index in [2.05, 4.69) is 35.8 Å². The zero-order valence-corrected chi connectivity index (χ0v) is 20.2. The lowest BCUT2D eigenvalue weighted by atomic mass is 9.92. The number of carbonyl (C=O) groups excluding carboxylic acids is 1. The van der Waals surface area contributed by atoms with Crippen molar-refractivity contribution in [2.24, 2.45) is 0 Å². The predicted molar refractivity (Wildman–Crippen MR) is 131 cm³/mol. The summed E-state index contributed by atoms with van der Waals surface area (Å²) in [5, 5.41) is 13.8. The van der Waals surface area contributed by atoms with Crippen LogP contribution in [0.3, 0.4) is 0 Å². The zero-order valence-electron chi connectivity index (χ0n) is 19.5. The van der Waals surface area contributed by atoms with Gasteiger partial charge in [0.15, 0.2) is 17.5 Å². The average Bonchev–Trinajstić information content (AvgIpc) is 3.66. The molecular formula is C24H20ClF2N9O. The first-order chi connectivity index (χ1) is 18.0. The van der Waals surface area contributed by atoms with E-state index >= 15 is 4.39 Å². The number of rotatable bonds is 5. The van der Waals surface area contributed by atoms with Gasteiger partial charge < -0.3 is 15.2 Å². The number of benzene rings is 1. The first-order valence-electron chi connectivity index (χ1n) is 11.6. The molecule has 1 saturated heterocycles. The molecule has 0 saturated carbocycles. The van der Waals surface area contributed by atoms with E-state index in [4.69, 9.17) is 11.6 Å². The standard InChI is InChI=1S/C24H20ClF2N9O/c1-28-24-21(26)14(6-7-29-24)16-10-30-23(32-16)18-4-2-13-8-12(9-19(37)36(13)18)20-17(35-11-31-33-34-35)5-3-15(25)22(20)27/h3,5-7,9-11,13,18H,2,4,8H2,1H3,(H,28,29)(H,30,32)/t13-,18+/m1/s1. The topological polar surface area (TPSA) is 118 Å². The summed E-state index contributed by atoms with van der Waals surface area (Å²) in [6.07, 6.45) is 7.62. The van der Waals surface area contributed by atoms with Gasteiger partial charge in [0.05, 0.1) is 28.6 Å². The van der Waals surface area contributed by atoms with Crippen molar-refractivity contribution in [3.63, 3.8) is 0 Å². The van der Waals surface area contributed by atoms with Gasteiger partial charge in [-0.1, -0.05) is 11.6 Å². The molecule has 1 fully saturated rings. The van der Waals surface area contributed by atoms with Crippen molar-refractivity contribution in [1.29, 1.82) is 0 Å². The first-order valence-corrected chi connectivity index (χ1v) is 12.0. The molecular weight excluding hydrogens is 504 g/mol. The molecule has 6 rings (SSSR count). The molecule has 10 nitrogen and oxygen atoms in total. The van der Waals surface area contributed by atoms with Crippen LogP contribution in [-0.2, 0) is 4.79 Å². The second-order valence-corrected chi connectivity index (χ2v) is 9.24. The molecule has 3 aromatic heterocycles. The van der Waals surface area contributed by atoms with E-state index in [9.17, 15) is 9.18 Å². The summed E-state index contributed by atoms with van der Waals surface area (Å²) in [4.78, 5) is 26.8. The Morgan fingerprint density at radius 2 is 2.03 bits per heavy atom. The molecule has 2 aliphatic rings. The Labute approximate surface area is 214 Å². The number of aromatic amines is 1. The quantitative estimate of drug-likeness (QED) is 0.407. The van der Waals surface area contributed by atoms with E-state index in [1.165, 1.54) is 29.3 Å². The van der Waals surface area contributed by atoms with Crippen LogP contribution in [0.2, 0.25) is 5.02 Å². The molecule has 2 atom stereocenters. The highest BCUT2D eigenvalue weighted by Crippen LogP contribution is 2.44. The Balaban J connectivity index is 1.33. The Hall–Kier alpha value is -4.19. The molecule has 188 valence electrons. The Morgan fingerprint density at radius 1 is 1.16 bits per heavy atom. The number of tetrazole rings is 1. The van der Waals surface area contributed by atoms with E-state index in [0.717, 1.165) is 0 Å². The monoisotopic (exact) mass is 523 g/mol. The molecule has 0 aliphatic carbocycles. The summed E-state index contributed by atoms with van der Waals surface area (Å²) in [6.45, 7) is 0. The highest BCUT2D eigenvalue weighted by molar-refractivity contribution is 6.31. The fourth-order valence-electron chi connectivity index (χ4n) is 5.17. The summed E-state index contributed by atoms with van der Waals surface area (Å²) in [6, 6.07) is 4.13. The first kappa shape index (κ1) is 23.2. The van der Waals surface area contributed by atoms with Crippen molar-refractivity contribution in [1.82, 2.24) is 40.1 Å². The molecule has 4 aromatic rings. The number of hydrogen-bond donors (Lipinski definition) is 2. The number of aromatic nitrogens is 7. The number of H-pyrrole nitrogens is 1.